The number of anilines is 1. The molecule has 18 heavy (non-hydrogen) atoms. The van der Waals surface area contributed by atoms with Crippen molar-refractivity contribution in [1.82, 2.24) is 0 Å². The van der Waals surface area contributed by atoms with Crippen LogP contribution < -0.4 is 10.5 Å². The summed E-state index contributed by atoms with van der Waals surface area (Å²) in [5.74, 6) is -1.93. The van der Waals surface area contributed by atoms with Crippen LogP contribution in [-0.2, 0) is 0 Å². The molecule has 1 aromatic carbocycles. The molecule has 0 saturated carbocycles. The number of halogens is 1. The number of ether oxygens (including phenoxy) is 1. The molecule has 0 radical (unpaired) electrons. The number of benzene rings is 1. The molecule has 0 heterocycles. The van der Waals surface area contributed by atoms with Crippen LogP contribution in [0, 0.1) is 11.2 Å². The molecule has 4 nitrogen and oxygen atoms in total. The monoisotopic (exact) mass is 255 g/mol. The fraction of sp³-hybridized carbons (Fsp3) is 0.462. The minimum Gasteiger partial charge on any atom is -0.490 e. The predicted octanol–water partition coefficient (Wildman–Crippen LogP) is 2.92. The lowest BCUT2D eigenvalue weighted by Crippen LogP contribution is -2.12. The Bertz CT molecular complexity index is 452. The highest BCUT2D eigenvalue weighted by atomic mass is 19.1. The molecule has 0 aliphatic rings. The molecule has 0 aromatic heterocycles. The van der Waals surface area contributed by atoms with Crippen LogP contribution in [0.5, 0.6) is 5.75 Å². The Morgan fingerprint density at radius 2 is 2.06 bits per heavy atom. The number of hydrogen-bond acceptors (Lipinski definition) is 3. The molecule has 100 valence electrons. The SMILES string of the molecule is CC(C)(C)CCOc1cc(C(=O)O)c(N)cc1F. The molecular weight excluding hydrogens is 237 g/mol. The lowest BCUT2D eigenvalue weighted by Gasteiger charge is -2.18. The van der Waals surface area contributed by atoms with Gasteiger partial charge in [-0.2, -0.15) is 0 Å². The molecule has 5 heteroatoms. The summed E-state index contributed by atoms with van der Waals surface area (Å²) in [6.07, 6.45) is 0.735. The molecular formula is C13H18FNO3. The highest BCUT2D eigenvalue weighted by Crippen LogP contribution is 2.25. The van der Waals surface area contributed by atoms with Crippen molar-refractivity contribution < 1.29 is 19.0 Å². The van der Waals surface area contributed by atoms with Crippen LogP contribution in [-0.4, -0.2) is 17.7 Å². The average Bonchev–Trinajstić information content (AvgIpc) is 2.18. The van der Waals surface area contributed by atoms with Crippen molar-refractivity contribution in [2.75, 3.05) is 12.3 Å². The molecule has 0 aliphatic heterocycles. The maximum atomic E-state index is 13.5. The second-order valence-electron chi connectivity index (χ2n) is 5.33. The van der Waals surface area contributed by atoms with Crippen LogP contribution in [0.25, 0.3) is 0 Å². The number of nitrogen functional groups attached to an aromatic ring is 1. The van der Waals surface area contributed by atoms with Crippen LogP contribution in [0.2, 0.25) is 0 Å². The lowest BCUT2D eigenvalue weighted by molar-refractivity contribution is 0.0697. The third-order valence-electron chi connectivity index (χ3n) is 2.44. The minimum atomic E-state index is -1.20. The first-order valence-electron chi connectivity index (χ1n) is 5.66. The van der Waals surface area contributed by atoms with E-state index in [1.807, 2.05) is 20.8 Å². The first-order chi connectivity index (χ1) is 8.20. The average molecular weight is 255 g/mol. The topological polar surface area (TPSA) is 72.5 Å². The third-order valence-corrected chi connectivity index (χ3v) is 2.44. The number of nitrogens with two attached hydrogens (primary N) is 1. The summed E-state index contributed by atoms with van der Waals surface area (Å²) in [7, 11) is 0. The van der Waals surface area contributed by atoms with Gasteiger partial charge in [-0.1, -0.05) is 20.8 Å². The van der Waals surface area contributed by atoms with Gasteiger partial charge in [0.25, 0.3) is 0 Å². The fourth-order valence-electron chi connectivity index (χ4n) is 1.33. The number of carbonyl (C=O) groups is 1. The van der Waals surface area contributed by atoms with Gasteiger partial charge in [-0.3, -0.25) is 0 Å². The summed E-state index contributed by atoms with van der Waals surface area (Å²) < 4.78 is 18.8. The van der Waals surface area contributed by atoms with E-state index >= 15 is 0 Å². The second-order valence-corrected chi connectivity index (χ2v) is 5.33. The van der Waals surface area contributed by atoms with Crippen LogP contribution in [0.1, 0.15) is 37.6 Å². The molecule has 0 spiro atoms. The van der Waals surface area contributed by atoms with Crippen molar-refractivity contribution in [2.45, 2.75) is 27.2 Å². The van der Waals surface area contributed by atoms with Gasteiger partial charge in [-0.05, 0) is 17.9 Å². The molecule has 0 amide bonds. The summed E-state index contributed by atoms with van der Waals surface area (Å²) in [5, 5.41) is 8.88. The minimum absolute atomic E-state index is 0.0694. The summed E-state index contributed by atoms with van der Waals surface area (Å²) in [6.45, 7) is 6.44. The van der Waals surface area contributed by atoms with E-state index in [2.05, 4.69) is 0 Å². The third kappa shape index (κ3) is 3.91. The second kappa shape index (κ2) is 5.25. The molecule has 0 bridgehead atoms. The summed E-state index contributed by atoms with van der Waals surface area (Å²) >= 11 is 0. The van der Waals surface area contributed by atoms with Crippen molar-refractivity contribution in [2.24, 2.45) is 5.41 Å². The van der Waals surface area contributed by atoms with Crippen molar-refractivity contribution >= 4 is 11.7 Å². The van der Waals surface area contributed by atoms with Crippen LogP contribution in [0.4, 0.5) is 10.1 Å². The highest BCUT2D eigenvalue weighted by molar-refractivity contribution is 5.94. The number of hydrogen-bond donors (Lipinski definition) is 2. The van der Waals surface area contributed by atoms with Gasteiger partial charge < -0.3 is 15.6 Å². The van der Waals surface area contributed by atoms with Crippen molar-refractivity contribution in [3.05, 3.63) is 23.5 Å². The zero-order valence-corrected chi connectivity index (χ0v) is 10.8. The summed E-state index contributed by atoms with van der Waals surface area (Å²) in [4.78, 5) is 10.9. The van der Waals surface area contributed by atoms with E-state index in [0.717, 1.165) is 18.6 Å². The number of carboxylic acids is 1. The quantitative estimate of drug-likeness (QED) is 0.811. The van der Waals surface area contributed by atoms with E-state index in [-0.39, 0.29) is 22.4 Å². The van der Waals surface area contributed by atoms with E-state index in [1.54, 1.807) is 0 Å². The van der Waals surface area contributed by atoms with Gasteiger partial charge in [-0.25, -0.2) is 9.18 Å². The predicted molar refractivity (Wildman–Crippen MR) is 67.3 cm³/mol. The molecule has 0 atom stereocenters. The molecule has 1 aromatic rings. The first-order valence-corrected chi connectivity index (χ1v) is 5.66. The summed E-state index contributed by atoms with van der Waals surface area (Å²) in [5.41, 5.74) is 5.22. The zero-order valence-electron chi connectivity index (χ0n) is 10.8. The Hall–Kier alpha value is -1.78. The lowest BCUT2D eigenvalue weighted by atomic mass is 9.93. The van der Waals surface area contributed by atoms with E-state index in [1.165, 1.54) is 0 Å². The Kier molecular flexibility index (Phi) is 4.16. The van der Waals surface area contributed by atoms with Gasteiger partial charge in [0.15, 0.2) is 11.6 Å². The molecule has 0 aliphatic carbocycles. The number of carboxylic acid groups (broad SMARTS) is 1. The van der Waals surface area contributed by atoms with Crippen molar-refractivity contribution in [1.29, 1.82) is 0 Å². The smallest absolute Gasteiger partial charge is 0.337 e. The van der Waals surface area contributed by atoms with Gasteiger partial charge in [-0.15, -0.1) is 0 Å². The summed E-state index contributed by atoms with van der Waals surface area (Å²) in [6, 6.07) is 2.09. The highest BCUT2D eigenvalue weighted by Gasteiger charge is 2.15. The Labute approximate surface area is 106 Å². The maximum Gasteiger partial charge on any atom is 0.337 e. The first kappa shape index (κ1) is 14.3. The van der Waals surface area contributed by atoms with Crippen LogP contribution >= 0.6 is 0 Å². The van der Waals surface area contributed by atoms with Crippen molar-refractivity contribution in [3.8, 4) is 5.75 Å². The van der Waals surface area contributed by atoms with E-state index in [4.69, 9.17) is 15.6 Å². The van der Waals surface area contributed by atoms with Gasteiger partial charge in [0, 0.05) is 11.8 Å². The van der Waals surface area contributed by atoms with Crippen LogP contribution in [0.3, 0.4) is 0 Å². The Balaban J connectivity index is 2.83. The Morgan fingerprint density at radius 3 is 2.56 bits per heavy atom. The molecule has 0 saturated heterocycles. The fourth-order valence-corrected chi connectivity index (χ4v) is 1.33. The number of rotatable bonds is 4. The molecule has 0 unspecified atom stereocenters. The van der Waals surface area contributed by atoms with Gasteiger partial charge >= 0.3 is 5.97 Å². The van der Waals surface area contributed by atoms with E-state index in [0.29, 0.717) is 6.61 Å². The standard InChI is InChI=1S/C13H18FNO3/c1-13(2,3)4-5-18-11-6-8(12(16)17)10(15)7-9(11)14/h6-7H,4-5,15H2,1-3H3,(H,16,17). The molecule has 0 fully saturated rings. The number of aromatic carboxylic acids is 1. The Morgan fingerprint density at radius 1 is 1.44 bits per heavy atom. The normalized spacial score (nSPS) is 11.3. The van der Waals surface area contributed by atoms with Gasteiger partial charge in [0.2, 0.25) is 0 Å². The largest absolute Gasteiger partial charge is 0.490 e. The van der Waals surface area contributed by atoms with Gasteiger partial charge in [0.05, 0.1) is 12.2 Å². The molecule has 1 rings (SSSR count). The van der Waals surface area contributed by atoms with Crippen LogP contribution in [0.15, 0.2) is 12.1 Å². The van der Waals surface area contributed by atoms with E-state index < -0.39 is 11.8 Å². The molecule has 3 N–H and O–H groups in total. The zero-order chi connectivity index (χ0) is 13.9. The van der Waals surface area contributed by atoms with E-state index in [9.17, 15) is 9.18 Å². The van der Waals surface area contributed by atoms with Gasteiger partial charge in [0.1, 0.15) is 0 Å². The maximum absolute atomic E-state index is 13.5. The van der Waals surface area contributed by atoms with Crippen molar-refractivity contribution in [3.63, 3.8) is 0 Å².